The van der Waals surface area contributed by atoms with Crippen LogP contribution in [0.3, 0.4) is 0 Å². The minimum absolute atomic E-state index is 0.473. The molecule has 0 spiro atoms. The lowest BCUT2D eigenvalue weighted by molar-refractivity contribution is 0.0813. The van der Waals surface area contributed by atoms with Crippen LogP contribution in [0.4, 0.5) is 0 Å². The molecule has 0 bridgehead atoms. The van der Waals surface area contributed by atoms with Gasteiger partial charge in [0, 0.05) is 5.56 Å². The molecule has 0 aliphatic heterocycles. The van der Waals surface area contributed by atoms with Crippen LogP contribution in [0.5, 0.6) is 0 Å². The number of benzene rings is 1. The number of allylic oxidation sites excluding steroid dienone is 2. The minimum Gasteiger partial charge on any atom is -0.101 e. The molecule has 3 unspecified atom stereocenters. The van der Waals surface area contributed by atoms with E-state index in [0.29, 0.717) is 5.41 Å². The highest BCUT2D eigenvalue weighted by Crippen LogP contribution is 2.62. The first-order valence-electron chi connectivity index (χ1n) is 10.00. The van der Waals surface area contributed by atoms with E-state index in [2.05, 4.69) is 50.5 Å². The average Bonchev–Trinajstić information content (AvgIpc) is 2.97. The van der Waals surface area contributed by atoms with Gasteiger partial charge in [0.25, 0.3) is 0 Å². The molecule has 25 heavy (non-hydrogen) atoms. The molecule has 0 N–H and O–H groups in total. The van der Waals surface area contributed by atoms with Gasteiger partial charge in [-0.05, 0) is 98.3 Å². The summed E-state index contributed by atoms with van der Waals surface area (Å²) in [4.78, 5) is 0. The summed E-state index contributed by atoms with van der Waals surface area (Å²) in [6.45, 7) is 10.7. The Hall–Kier alpha value is -1.74. The Kier molecular flexibility index (Phi) is 4.15. The van der Waals surface area contributed by atoms with Crippen LogP contribution in [0.2, 0.25) is 0 Å². The normalized spacial score (nSPS) is 34.5. The maximum absolute atomic E-state index is 4.00. The summed E-state index contributed by atoms with van der Waals surface area (Å²) >= 11 is 0. The van der Waals surface area contributed by atoms with Crippen molar-refractivity contribution < 1.29 is 0 Å². The van der Waals surface area contributed by atoms with Crippen LogP contribution < -0.4 is 0 Å². The molecule has 4 atom stereocenters. The Bertz CT molecular complexity index is 797. The first kappa shape index (κ1) is 16.7. The molecule has 0 radical (unpaired) electrons. The number of rotatable bonds is 1. The summed E-state index contributed by atoms with van der Waals surface area (Å²) < 4.78 is 0. The quantitative estimate of drug-likeness (QED) is 0.407. The highest BCUT2D eigenvalue weighted by Gasteiger charge is 2.52. The molecule has 0 heterocycles. The fourth-order valence-electron chi connectivity index (χ4n) is 6.37. The first-order valence-corrected chi connectivity index (χ1v) is 10.00. The molecule has 0 aromatic heterocycles. The third kappa shape index (κ3) is 2.43. The Morgan fingerprint density at radius 3 is 2.76 bits per heavy atom. The van der Waals surface area contributed by atoms with Gasteiger partial charge in [-0.25, -0.2) is 0 Å². The van der Waals surface area contributed by atoms with Gasteiger partial charge in [0.1, 0.15) is 0 Å². The maximum Gasteiger partial charge on any atom is 0.0320 e. The van der Waals surface area contributed by atoms with Gasteiger partial charge in [0.15, 0.2) is 0 Å². The Morgan fingerprint density at radius 2 is 2.04 bits per heavy atom. The molecule has 0 amide bonds. The van der Waals surface area contributed by atoms with Gasteiger partial charge in [-0.2, -0.15) is 0 Å². The van der Waals surface area contributed by atoms with E-state index in [1.54, 1.807) is 16.7 Å². The van der Waals surface area contributed by atoms with Crippen molar-refractivity contribution in [3.63, 3.8) is 0 Å². The highest BCUT2D eigenvalue weighted by molar-refractivity contribution is 5.61. The van der Waals surface area contributed by atoms with Crippen molar-refractivity contribution in [1.29, 1.82) is 0 Å². The van der Waals surface area contributed by atoms with E-state index >= 15 is 0 Å². The fraction of sp³-hybridized carbons (Fsp3) is 0.520. The number of aryl methyl sites for hydroxylation is 1. The third-order valence-electron chi connectivity index (χ3n) is 7.57. The second kappa shape index (κ2) is 6.21. The van der Waals surface area contributed by atoms with Crippen LogP contribution in [-0.2, 0) is 6.42 Å². The monoisotopic (exact) mass is 330 g/mol. The lowest BCUT2D eigenvalue weighted by atomic mass is 9.55. The summed E-state index contributed by atoms with van der Waals surface area (Å²) in [5, 5.41) is 0. The predicted molar refractivity (Wildman–Crippen MR) is 107 cm³/mol. The predicted octanol–water partition coefficient (Wildman–Crippen LogP) is 6.50. The van der Waals surface area contributed by atoms with E-state index in [-0.39, 0.29) is 0 Å². The zero-order chi connectivity index (χ0) is 17.6. The number of hydrogen-bond donors (Lipinski definition) is 0. The van der Waals surface area contributed by atoms with Crippen molar-refractivity contribution in [2.24, 2.45) is 17.3 Å². The second-order valence-corrected chi connectivity index (χ2v) is 8.44. The highest BCUT2D eigenvalue weighted by atomic mass is 14.6. The van der Waals surface area contributed by atoms with Crippen molar-refractivity contribution in [3.8, 4) is 11.8 Å². The van der Waals surface area contributed by atoms with Gasteiger partial charge in [-0.1, -0.05) is 43.2 Å². The van der Waals surface area contributed by atoms with Gasteiger partial charge < -0.3 is 0 Å². The maximum atomic E-state index is 4.00. The molecule has 2 saturated carbocycles. The molecular formula is C25H30. The topological polar surface area (TPSA) is 0 Å². The fourth-order valence-corrected chi connectivity index (χ4v) is 6.37. The molecule has 3 aliphatic rings. The summed E-state index contributed by atoms with van der Waals surface area (Å²) in [6.07, 6.45) is 12.4. The van der Waals surface area contributed by atoms with Gasteiger partial charge in [0.05, 0.1) is 0 Å². The van der Waals surface area contributed by atoms with E-state index in [9.17, 15) is 0 Å². The summed E-state index contributed by atoms with van der Waals surface area (Å²) in [6, 6.07) is 4.78. The van der Waals surface area contributed by atoms with Crippen LogP contribution >= 0.6 is 0 Å². The van der Waals surface area contributed by atoms with Crippen LogP contribution in [0.15, 0.2) is 30.4 Å². The Balaban J connectivity index is 1.75. The van der Waals surface area contributed by atoms with E-state index in [1.165, 1.54) is 49.7 Å². The summed E-state index contributed by atoms with van der Waals surface area (Å²) in [5.41, 5.74) is 7.76. The summed E-state index contributed by atoms with van der Waals surface area (Å²) in [7, 11) is 0. The van der Waals surface area contributed by atoms with Crippen molar-refractivity contribution in [2.75, 3.05) is 0 Å². The van der Waals surface area contributed by atoms with E-state index in [1.807, 2.05) is 13.0 Å². The van der Waals surface area contributed by atoms with E-state index in [4.69, 9.17) is 0 Å². The van der Waals surface area contributed by atoms with Crippen LogP contribution in [0, 0.1) is 29.1 Å². The van der Waals surface area contributed by atoms with Crippen LogP contribution in [-0.4, -0.2) is 0 Å². The zero-order valence-electron chi connectivity index (χ0n) is 16.0. The van der Waals surface area contributed by atoms with Gasteiger partial charge in [0.2, 0.25) is 0 Å². The smallest absolute Gasteiger partial charge is 0.0320 e. The average molecular weight is 331 g/mol. The van der Waals surface area contributed by atoms with E-state index in [0.717, 1.165) is 17.8 Å². The van der Waals surface area contributed by atoms with Gasteiger partial charge >= 0.3 is 0 Å². The Labute approximate surface area is 153 Å². The van der Waals surface area contributed by atoms with Crippen molar-refractivity contribution in [1.82, 2.24) is 0 Å². The van der Waals surface area contributed by atoms with Crippen molar-refractivity contribution >= 4 is 6.08 Å². The molecule has 0 nitrogen and oxygen atoms in total. The SMILES string of the molecule is C=Cc1cc2c(cc1C#CC)C1CC[C@]3(C)/C(=C\C)CCC3C1CC2. The van der Waals surface area contributed by atoms with Crippen LogP contribution in [0.1, 0.15) is 81.0 Å². The van der Waals surface area contributed by atoms with Crippen molar-refractivity contribution in [3.05, 3.63) is 52.6 Å². The zero-order valence-corrected chi connectivity index (χ0v) is 16.0. The molecule has 130 valence electrons. The molecule has 1 aromatic rings. The molecule has 1 aromatic carbocycles. The number of hydrogen-bond acceptors (Lipinski definition) is 0. The number of fused-ring (bicyclic) bond motifs is 5. The van der Waals surface area contributed by atoms with E-state index < -0.39 is 0 Å². The molecule has 3 aliphatic carbocycles. The largest absolute Gasteiger partial charge is 0.101 e. The Morgan fingerprint density at radius 1 is 1.20 bits per heavy atom. The first-order chi connectivity index (χ1) is 12.1. The molecule has 0 saturated heterocycles. The molecule has 4 rings (SSSR count). The van der Waals surface area contributed by atoms with Gasteiger partial charge in [-0.15, -0.1) is 5.92 Å². The standard InChI is InChI=1S/C25H30/c1-5-8-18-16-23-19(15-17(18)6-2)9-11-22-21(23)13-14-25(4)20(7-3)10-12-24(22)25/h6-7,15-16,21-22,24H,2,9-14H2,1,3-4H3/b20-7-/t21?,22?,24?,25-/m1/s1. The van der Waals surface area contributed by atoms with Gasteiger partial charge in [-0.3, -0.25) is 0 Å². The molecule has 2 fully saturated rings. The van der Waals surface area contributed by atoms with Crippen molar-refractivity contribution in [2.45, 2.75) is 65.2 Å². The lowest BCUT2D eigenvalue weighted by Gasteiger charge is -2.49. The lowest BCUT2D eigenvalue weighted by Crippen LogP contribution is -2.40. The molecule has 0 heteroatoms. The minimum atomic E-state index is 0.473. The molecular weight excluding hydrogens is 300 g/mol. The third-order valence-corrected chi connectivity index (χ3v) is 7.57. The summed E-state index contributed by atoms with van der Waals surface area (Å²) in [5.74, 6) is 8.89. The van der Waals surface area contributed by atoms with Crippen LogP contribution in [0.25, 0.3) is 6.08 Å². The second-order valence-electron chi connectivity index (χ2n) is 8.44.